The number of fused-ring (bicyclic) bond motifs is 1. The minimum Gasteiger partial charge on any atom is -0.486 e. The van der Waals surface area contributed by atoms with Crippen molar-refractivity contribution in [2.75, 3.05) is 19.8 Å². The van der Waals surface area contributed by atoms with E-state index in [0.29, 0.717) is 26.3 Å². The van der Waals surface area contributed by atoms with Crippen LogP contribution in [0.15, 0.2) is 18.2 Å². The fraction of sp³-hybridized carbons (Fsp3) is 0.538. The van der Waals surface area contributed by atoms with Gasteiger partial charge in [0.05, 0.1) is 5.60 Å². The second-order valence-electron chi connectivity index (χ2n) is 4.86. The number of para-hydroxylation sites is 1. The van der Waals surface area contributed by atoms with Crippen LogP contribution < -0.4 is 14.8 Å². The highest BCUT2D eigenvalue weighted by Gasteiger charge is 2.16. The predicted octanol–water partition coefficient (Wildman–Crippen LogP) is 1.32. The van der Waals surface area contributed by atoms with Crippen LogP contribution >= 0.6 is 0 Å². The van der Waals surface area contributed by atoms with E-state index < -0.39 is 5.60 Å². The van der Waals surface area contributed by atoms with Gasteiger partial charge < -0.3 is 19.9 Å². The lowest BCUT2D eigenvalue weighted by Gasteiger charge is -2.22. The third kappa shape index (κ3) is 3.35. The molecule has 0 atom stereocenters. The molecule has 0 aromatic heterocycles. The number of hydrogen-bond donors (Lipinski definition) is 2. The van der Waals surface area contributed by atoms with Gasteiger partial charge in [-0.2, -0.15) is 0 Å². The van der Waals surface area contributed by atoms with Crippen LogP contribution in [0.25, 0.3) is 0 Å². The van der Waals surface area contributed by atoms with Gasteiger partial charge in [-0.3, -0.25) is 0 Å². The van der Waals surface area contributed by atoms with E-state index in [9.17, 15) is 5.11 Å². The van der Waals surface area contributed by atoms with E-state index in [-0.39, 0.29) is 0 Å². The topological polar surface area (TPSA) is 50.7 Å². The molecule has 0 radical (unpaired) electrons. The van der Waals surface area contributed by atoms with Gasteiger partial charge in [0.15, 0.2) is 11.5 Å². The van der Waals surface area contributed by atoms with Crippen molar-refractivity contribution in [1.29, 1.82) is 0 Å². The number of ether oxygens (including phenoxy) is 2. The normalized spacial score (nSPS) is 14.8. The predicted molar refractivity (Wildman–Crippen MR) is 65.4 cm³/mol. The van der Waals surface area contributed by atoms with Crippen LogP contribution in [0.5, 0.6) is 11.5 Å². The van der Waals surface area contributed by atoms with Crippen molar-refractivity contribution in [3.8, 4) is 11.5 Å². The minimum atomic E-state index is -0.702. The van der Waals surface area contributed by atoms with Crippen LogP contribution in [-0.4, -0.2) is 30.5 Å². The van der Waals surface area contributed by atoms with Gasteiger partial charge in [-0.05, 0) is 19.9 Å². The van der Waals surface area contributed by atoms with Crippen LogP contribution in [0.3, 0.4) is 0 Å². The average molecular weight is 237 g/mol. The number of nitrogens with one attached hydrogen (secondary N) is 1. The highest BCUT2D eigenvalue weighted by atomic mass is 16.6. The Labute approximate surface area is 102 Å². The quantitative estimate of drug-likeness (QED) is 0.829. The molecule has 2 rings (SSSR count). The smallest absolute Gasteiger partial charge is 0.165 e. The molecule has 1 aromatic rings. The van der Waals surface area contributed by atoms with Gasteiger partial charge in [0.25, 0.3) is 0 Å². The summed E-state index contributed by atoms with van der Waals surface area (Å²) in [7, 11) is 0. The number of aliphatic hydroxyl groups is 1. The van der Waals surface area contributed by atoms with E-state index >= 15 is 0 Å². The molecule has 4 heteroatoms. The monoisotopic (exact) mass is 237 g/mol. The molecule has 0 saturated carbocycles. The third-order valence-electron chi connectivity index (χ3n) is 2.52. The SMILES string of the molecule is CC(C)(O)CNCc1cccc2c1OCCO2. The molecule has 1 aliphatic rings. The lowest BCUT2D eigenvalue weighted by atomic mass is 10.1. The minimum absolute atomic E-state index is 0.539. The Morgan fingerprint density at radius 1 is 1.29 bits per heavy atom. The number of benzene rings is 1. The van der Waals surface area contributed by atoms with Crippen molar-refractivity contribution < 1.29 is 14.6 Å². The summed E-state index contributed by atoms with van der Waals surface area (Å²) in [6.45, 7) is 5.96. The average Bonchev–Trinajstić information content (AvgIpc) is 2.28. The molecule has 0 bridgehead atoms. The Balaban J connectivity index is 2.01. The fourth-order valence-electron chi connectivity index (χ4n) is 1.78. The Morgan fingerprint density at radius 2 is 2.06 bits per heavy atom. The first-order chi connectivity index (χ1) is 8.06. The van der Waals surface area contributed by atoms with Crippen molar-refractivity contribution in [2.45, 2.75) is 26.0 Å². The van der Waals surface area contributed by atoms with E-state index in [1.54, 1.807) is 13.8 Å². The summed E-state index contributed by atoms with van der Waals surface area (Å²) in [5, 5.41) is 12.8. The van der Waals surface area contributed by atoms with Crippen LogP contribution in [0.1, 0.15) is 19.4 Å². The van der Waals surface area contributed by atoms with Crippen LogP contribution in [0, 0.1) is 0 Å². The first kappa shape index (κ1) is 12.2. The summed E-state index contributed by atoms with van der Waals surface area (Å²) in [4.78, 5) is 0. The number of rotatable bonds is 4. The first-order valence-corrected chi connectivity index (χ1v) is 5.87. The molecule has 4 nitrogen and oxygen atoms in total. The summed E-state index contributed by atoms with van der Waals surface area (Å²) >= 11 is 0. The molecule has 0 unspecified atom stereocenters. The summed E-state index contributed by atoms with van der Waals surface area (Å²) < 4.78 is 11.1. The summed E-state index contributed by atoms with van der Waals surface area (Å²) in [6, 6.07) is 5.87. The maximum atomic E-state index is 9.62. The summed E-state index contributed by atoms with van der Waals surface area (Å²) in [6.07, 6.45) is 0. The van der Waals surface area contributed by atoms with Crippen molar-refractivity contribution in [3.05, 3.63) is 23.8 Å². The first-order valence-electron chi connectivity index (χ1n) is 5.87. The molecule has 0 amide bonds. The molecule has 0 saturated heterocycles. The second kappa shape index (κ2) is 4.94. The van der Waals surface area contributed by atoms with Gasteiger partial charge in [0.1, 0.15) is 13.2 Å². The van der Waals surface area contributed by atoms with Gasteiger partial charge in [0, 0.05) is 18.7 Å². The molecule has 0 aliphatic carbocycles. The molecule has 1 heterocycles. The van der Waals surface area contributed by atoms with Gasteiger partial charge >= 0.3 is 0 Å². The Kier molecular flexibility index (Phi) is 3.54. The van der Waals surface area contributed by atoms with E-state index in [2.05, 4.69) is 5.32 Å². The second-order valence-corrected chi connectivity index (χ2v) is 4.86. The van der Waals surface area contributed by atoms with Gasteiger partial charge in [-0.25, -0.2) is 0 Å². The van der Waals surface area contributed by atoms with E-state index in [4.69, 9.17) is 9.47 Å². The zero-order valence-corrected chi connectivity index (χ0v) is 10.3. The van der Waals surface area contributed by atoms with Gasteiger partial charge in [0.2, 0.25) is 0 Å². The molecular weight excluding hydrogens is 218 g/mol. The lowest BCUT2D eigenvalue weighted by Crippen LogP contribution is -2.34. The highest BCUT2D eigenvalue weighted by Crippen LogP contribution is 2.33. The van der Waals surface area contributed by atoms with Crippen molar-refractivity contribution in [2.24, 2.45) is 0 Å². The van der Waals surface area contributed by atoms with E-state index in [1.165, 1.54) is 0 Å². The molecule has 0 spiro atoms. The maximum Gasteiger partial charge on any atom is 0.165 e. The van der Waals surface area contributed by atoms with Crippen LogP contribution in [0.2, 0.25) is 0 Å². The molecule has 17 heavy (non-hydrogen) atoms. The van der Waals surface area contributed by atoms with Crippen molar-refractivity contribution in [1.82, 2.24) is 5.32 Å². The molecule has 94 valence electrons. The Morgan fingerprint density at radius 3 is 2.82 bits per heavy atom. The number of hydrogen-bond acceptors (Lipinski definition) is 4. The maximum absolute atomic E-state index is 9.62. The summed E-state index contributed by atoms with van der Waals surface area (Å²) in [5.41, 5.74) is 0.359. The van der Waals surface area contributed by atoms with Crippen LogP contribution in [-0.2, 0) is 6.54 Å². The van der Waals surface area contributed by atoms with Crippen molar-refractivity contribution >= 4 is 0 Å². The fourth-order valence-corrected chi connectivity index (χ4v) is 1.78. The van der Waals surface area contributed by atoms with Crippen LogP contribution in [0.4, 0.5) is 0 Å². The molecule has 1 aromatic carbocycles. The zero-order valence-electron chi connectivity index (χ0n) is 10.3. The van der Waals surface area contributed by atoms with Gasteiger partial charge in [-0.15, -0.1) is 0 Å². The van der Waals surface area contributed by atoms with E-state index in [0.717, 1.165) is 17.1 Å². The third-order valence-corrected chi connectivity index (χ3v) is 2.52. The molecule has 2 N–H and O–H groups in total. The largest absolute Gasteiger partial charge is 0.486 e. The molecule has 0 fully saturated rings. The zero-order chi connectivity index (χ0) is 12.3. The summed E-state index contributed by atoms with van der Waals surface area (Å²) in [5.74, 6) is 1.63. The van der Waals surface area contributed by atoms with Gasteiger partial charge in [-0.1, -0.05) is 12.1 Å². The Hall–Kier alpha value is -1.26. The van der Waals surface area contributed by atoms with E-state index in [1.807, 2.05) is 18.2 Å². The standard InChI is InChI=1S/C13H19NO3/c1-13(2,15)9-14-8-10-4-3-5-11-12(10)17-7-6-16-11/h3-5,14-15H,6-9H2,1-2H3. The molecular formula is C13H19NO3. The van der Waals surface area contributed by atoms with Crippen molar-refractivity contribution in [3.63, 3.8) is 0 Å². The highest BCUT2D eigenvalue weighted by molar-refractivity contribution is 5.47. The lowest BCUT2D eigenvalue weighted by molar-refractivity contribution is 0.0793. The molecule has 1 aliphatic heterocycles. The Bertz CT molecular complexity index is 385.